The van der Waals surface area contributed by atoms with E-state index in [1.54, 1.807) is 0 Å². The van der Waals surface area contributed by atoms with Gasteiger partial charge >= 0.3 is 0 Å². The van der Waals surface area contributed by atoms with Crippen LogP contribution in [0.25, 0.3) is 0 Å². The first-order chi connectivity index (χ1) is 6.66. The van der Waals surface area contributed by atoms with Gasteiger partial charge in [0.15, 0.2) is 0 Å². The molecule has 0 bridgehead atoms. The molecule has 1 N–H and O–H groups in total. The molecule has 1 saturated carbocycles. The number of likely N-dealkylation sites (N-methyl/N-ethyl adjacent to an activating group) is 1. The van der Waals surface area contributed by atoms with Crippen molar-refractivity contribution in [3.05, 3.63) is 0 Å². The molecule has 0 aliphatic heterocycles. The molecular weight excluding hydrogens is 174 g/mol. The number of hydrogen-bond donors (Lipinski definition) is 1. The van der Waals surface area contributed by atoms with Crippen LogP contribution < -0.4 is 5.32 Å². The third-order valence-corrected chi connectivity index (χ3v) is 3.53. The van der Waals surface area contributed by atoms with Gasteiger partial charge in [0.05, 0.1) is 5.60 Å². The van der Waals surface area contributed by atoms with Gasteiger partial charge in [-0.25, -0.2) is 0 Å². The van der Waals surface area contributed by atoms with Crippen molar-refractivity contribution in [2.24, 2.45) is 5.92 Å². The van der Waals surface area contributed by atoms with Crippen molar-refractivity contribution in [3.8, 4) is 0 Å². The molecule has 84 valence electrons. The van der Waals surface area contributed by atoms with E-state index >= 15 is 0 Å². The van der Waals surface area contributed by atoms with Crippen molar-refractivity contribution in [1.82, 2.24) is 5.32 Å². The minimum Gasteiger partial charge on any atom is -0.374 e. The quantitative estimate of drug-likeness (QED) is 0.680. The Bertz CT molecular complexity index is 168. The first-order valence-corrected chi connectivity index (χ1v) is 5.97. The number of nitrogens with one attached hydrogen (secondary N) is 1. The number of rotatable bonds is 7. The van der Waals surface area contributed by atoms with Gasteiger partial charge in [0.1, 0.15) is 0 Å². The summed E-state index contributed by atoms with van der Waals surface area (Å²) in [5.74, 6) is 0.957. The molecule has 2 heteroatoms. The average Bonchev–Trinajstić information content (AvgIpc) is 2.98. The van der Waals surface area contributed by atoms with Crippen LogP contribution in [0, 0.1) is 5.92 Å². The van der Waals surface area contributed by atoms with Crippen molar-refractivity contribution in [3.63, 3.8) is 0 Å². The predicted molar refractivity (Wildman–Crippen MR) is 60.5 cm³/mol. The van der Waals surface area contributed by atoms with Gasteiger partial charge < -0.3 is 10.1 Å². The third kappa shape index (κ3) is 2.96. The van der Waals surface area contributed by atoms with E-state index in [9.17, 15) is 0 Å². The predicted octanol–water partition coefficient (Wildman–Crippen LogP) is 2.58. The summed E-state index contributed by atoms with van der Waals surface area (Å²) in [7, 11) is 2.06. The summed E-state index contributed by atoms with van der Waals surface area (Å²) in [6.07, 6.45) is 5.20. The fraction of sp³-hybridized carbons (Fsp3) is 1.00. The molecule has 1 aliphatic carbocycles. The molecule has 0 radical (unpaired) electrons. The highest BCUT2D eigenvalue weighted by Gasteiger charge is 2.36. The van der Waals surface area contributed by atoms with Crippen LogP contribution >= 0.6 is 0 Å². The Kier molecular flexibility index (Phi) is 4.39. The summed E-state index contributed by atoms with van der Waals surface area (Å²) in [4.78, 5) is 0. The van der Waals surface area contributed by atoms with Crippen molar-refractivity contribution >= 4 is 0 Å². The highest BCUT2D eigenvalue weighted by Crippen LogP contribution is 2.37. The minimum atomic E-state index is 0.0199. The molecular formula is C12H25NO. The Balaban J connectivity index is 2.51. The molecule has 2 nitrogen and oxygen atoms in total. The van der Waals surface area contributed by atoms with Crippen molar-refractivity contribution in [1.29, 1.82) is 0 Å². The molecule has 1 rings (SSSR count). The highest BCUT2D eigenvalue weighted by molar-refractivity contribution is 4.92. The van der Waals surface area contributed by atoms with Crippen LogP contribution in [0.5, 0.6) is 0 Å². The lowest BCUT2D eigenvalue weighted by Crippen LogP contribution is -2.49. The van der Waals surface area contributed by atoms with E-state index in [1.807, 2.05) is 0 Å². The molecule has 0 aromatic heterocycles. The van der Waals surface area contributed by atoms with Crippen molar-refractivity contribution in [2.45, 2.75) is 58.1 Å². The summed E-state index contributed by atoms with van der Waals surface area (Å²) in [6, 6.07) is 0.514. The Morgan fingerprint density at radius 3 is 2.43 bits per heavy atom. The highest BCUT2D eigenvalue weighted by atomic mass is 16.5. The van der Waals surface area contributed by atoms with Crippen LogP contribution in [0.1, 0.15) is 46.5 Å². The van der Waals surface area contributed by atoms with Gasteiger partial charge in [0, 0.05) is 12.6 Å². The van der Waals surface area contributed by atoms with Gasteiger partial charge in [-0.05, 0) is 39.7 Å². The summed E-state index contributed by atoms with van der Waals surface area (Å²) in [5.41, 5.74) is 0.0199. The van der Waals surface area contributed by atoms with Gasteiger partial charge in [0.25, 0.3) is 0 Å². The van der Waals surface area contributed by atoms with Crippen LogP contribution in [0.4, 0.5) is 0 Å². The lowest BCUT2D eigenvalue weighted by molar-refractivity contribution is -0.0565. The Labute approximate surface area is 88.4 Å². The average molecular weight is 199 g/mol. The summed E-state index contributed by atoms with van der Waals surface area (Å²) in [6.45, 7) is 7.35. The van der Waals surface area contributed by atoms with E-state index in [0.29, 0.717) is 6.04 Å². The van der Waals surface area contributed by atoms with Crippen LogP contribution in [0.3, 0.4) is 0 Å². The first kappa shape index (κ1) is 12.0. The molecule has 2 atom stereocenters. The zero-order valence-electron chi connectivity index (χ0n) is 10.1. The van der Waals surface area contributed by atoms with E-state index in [2.05, 4.69) is 33.1 Å². The fourth-order valence-corrected chi connectivity index (χ4v) is 2.14. The topological polar surface area (TPSA) is 21.3 Å². The second kappa shape index (κ2) is 5.13. The second-order valence-corrected chi connectivity index (χ2v) is 4.62. The van der Waals surface area contributed by atoms with Crippen LogP contribution in [-0.4, -0.2) is 25.3 Å². The zero-order chi connectivity index (χ0) is 10.6. The Morgan fingerprint density at radius 2 is 2.07 bits per heavy atom. The molecule has 0 spiro atoms. The lowest BCUT2D eigenvalue weighted by atomic mass is 9.89. The van der Waals surface area contributed by atoms with Crippen LogP contribution in [0.2, 0.25) is 0 Å². The van der Waals surface area contributed by atoms with Crippen LogP contribution in [-0.2, 0) is 4.74 Å². The molecule has 0 saturated heterocycles. The molecule has 0 amide bonds. The maximum atomic E-state index is 5.90. The largest absolute Gasteiger partial charge is 0.374 e. The van der Waals surface area contributed by atoms with E-state index in [1.165, 1.54) is 19.3 Å². The third-order valence-electron chi connectivity index (χ3n) is 3.53. The maximum Gasteiger partial charge on any atom is 0.0803 e. The Morgan fingerprint density at radius 1 is 1.43 bits per heavy atom. The van der Waals surface area contributed by atoms with Gasteiger partial charge in [0.2, 0.25) is 0 Å². The van der Waals surface area contributed by atoms with Gasteiger partial charge in [-0.15, -0.1) is 0 Å². The summed E-state index contributed by atoms with van der Waals surface area (Å²) >= 11 is 0. The van der Waals surface area contributed by atoms with Crippen molar-refractivity contribution in [2.75, 3.05) is 13.7 Å². The van der Waals surface area contributed by atoms with Crippen LogP contribution in [0.15, 0.2) is 0 Å². The summed E-state index contributed by atoms with van der Waals surface area (Å²) in [5, 5.41) is 3.42. The number of ether oxygens (including phenoxy) is 1. The normalized spacial score (nSPS) is 23.1. The lowest BCUT2D eigenvalue weighted by Gasteiger charge is -2.37. The van der Waals surface area contributed by atoms with Crippen molar-refractivity contribution < 1.29 is 4.74 Å². The molecule has 2 unspecified atom stereocenters. The van der Waals surface area contributed by atoms with E-state index < -0.39 is 0 Å². The number of hydrogen-bond acceptors (Lipinski definition) is 2. The monoisotopic (exact) mass is 199 g/mol. The molecule has 1 aliphatic rings. The van der Waals surface area contributed by atoms with Gasteiger partial charge in [-0.3, -0.25) is 0 Å². The minimum absolute atomic E-state index is 0.0199. The molecule has 1 fully saturated rings. The zero-order valence-corrected chi connectivity index (χ0v) is 10.1. The SMILES string of the molecule is CCOC(C)(CC)C(CC1CC1)NC. The molecule has 14 heavy (non-hydrogen) atoms. The van der Waals surface area contributed by atoms with E-state index in [4.69, 9.17) is 4.74 Å². The summed E-state index contributed by atoms with van der Waals surface area (Å²) < 4.78 is 5.90. The Hall–Kier alpha value is -0.0800. The van der Waals surface area contributed by atoms with Gasteiger partial charge in [-0.1, -0.05) is 19.8 Å². The van der Waals surface area contributed by atoms with Gasteiger partial charge in [-0.2, -0.15) is 0 Å². The molecule has 0 aromatic carbocycles. The van der Waals surface area contributed by atoms with E-state index in [0.717, 1.165) is 18.9 Å². The maximum absolute atomic E-state index is 5.90. The smallest absolute Gasteiger partial charge is 0.0803 e. The molecule has 0 aromatic rings. The standard InChI is InChI=1S/C12H25NO/c1-5-12(3,14-6-2)11(13-4)9-10-7-8-10/h10-11,13H,5-9H2,1-4H3. The first-order valence-electron chi connectivity index (χ1n) is 5.97. The van der Waals surface area contributed by atoms with E-state index in [-0.39, 0.29) is 5.60 Å². The fourth-order valence-electron chi connectivity index (χ4n) is 2.14. The molecule has 0 heterocycles. The second-order valence-electron chi connectivity index (χ2n) is 4.62.